The highest BCUT2D eigenvalue weighted by Crippen LogP contribution is 2.22. The second kappa shape index (κ2) is 8.78. The van der Waals surface area contributed by atoms with Crippen molar-refractivity contribution in [2.45, 2.75) is 31.9 Å². The summed E-state index contributed by atoms with van der Waals surface area (Å²) >= 11 is 0. The van der Waals surface area contributed by atoms with Crippen molar-refractivity contribution >= 4 is 5.82 Å². The van der Waals surface area contributed by atoms with E-state index in [2.05, 4.69) is 20.4 Å². The number of aliphatic hydroxyl groups is 1. The van der Waals surface area contributed by atoms with Crippen LogP contribution in [0.15, 0.2) is 42.6 Å². The number of aromatic nitrogens is 2. The van der Waals surface area contributed by atoms with E-state index in [9.17, 15) is 5.11 Å². The second-order valence-electron chi connectivity index (χ2n) is 6.51. The van der Waals surface area contributed by atoms with Crippen LogP contribution < -0.4 is 15.0 Å². The van der Waals surface area contributed by atoms with Gasteiger partial charge in [0, 0.05) is 31.9 Å². The molecule has 1 aromatic carbocycles. The molecule has 6 nitrogen and oxygen atoms in total. The molecule has 3 rings (SSSR count). The van der Waals surface area contributed by atoms with Gasteiger partial charge in [0.1, 0.15) is 18.5 Å². The summed E-state index contributed by atoms with van der Waals surface area (Å²) in [5.41, 5.74) is 1.15. The number of ether oxygens (including phenoxy) is 1. The third kappa shape index (κ3) is 5.14. The molecule has 1 fully saturated rings. The van der Waals surface area contributed by atoms with Crippen molar-refractivity contribution in [3.8, 4) is 5.75 Å². The number of aryl methyl sites for hydroxylation is 1. The lowest BCUT2D eigenvalue weighted by Gasteiger charge is -2.26. The molecule has 0 radical (unpaired) electrons. The lowest BCUT2D eigenvalue weighted by Crippen LogP contribution is -2.41. The Morgan fingerprint density at radius 3 is 3.08 bits per heavy atom. The molecule has 134 valence electrons. The molecule has 0 saturated carbocycles. The Labute approximate surface area is 148 Å². The van der Waals surface area contributed by atoms with E-state index in [0.717, 1.165) is 43.1 Å². The normalized spacial score (nSPS) is 18.3. The van der Waals surface area contributed by atoms with E-state index in [1.54, 1.807) is 6.20 Å². The number of aliphatic hydroxyl groups excluding tert-OH is 1. The van der Waals surface area contributed by atoms with Crippen molar-refractivity contribution in [1.82, 2.24) is 15.5 Å². The quantitative estimate of drug-likeness (QED) is 0.762. The molecule has 1 aliphatic heterocycles. The first-order chi connectivity index (χ1) is 12.2. The Morgan fingerprint density at radius 2 is 2.28 bits per heavy atom. The van der Waals surface area contributed by atoms with Gasteiger partial charge in [-0.2, -0.15) is 5.10 Å². The zero-order chi connectivity index (χ0) is 17.5. The van der Waals surface area contributed by atoms with Gasteiger partial charge in [0.2, 0.25) is 0 Å². The first-order valence-corrected chi connectivity index (χ1v) is 8.85. The summed E-state index contributed by atoms with van der Waals surface area (Å²) in [7, 11) is 0. The minimum absolute atomic E-state index is 0.287. The zero-order valence-electron chi connectivity index (χ0n) is 14.6. The highest BCUT2D eigenvalue weighted by molar-refractivity contribution is 5.39. The highest BCUT2D eigenvalue weighted by atomic mass is 16.5. The molecule has 0 unspecified atom stereocenters. The molecule has 2 aromatic rings. The lowest BCUT2D eigenvalue weighted by atomic mass is 10.2. The van der Waals surface area contributed by atoms with Crippen LogP contribution in [0.25, 0.3) is 0 Å². The summed E-state index contributed by atoms with van der Waals surface area (Å²) in [4.78, 5) is 2.29. The van der Waals surface area contributed by atoms with Crippen LogP contribution >= 0.6 is 0 Å². The van der Waals surface area contributed by atoms with E-state index < -0.39 is 6.10 Å². The molecule has 2 N–H and O–H groups in total. The molecule has 1 aromatic heterocycles. The number of nitrogens with one attached hydrogen (secondary N) is 1. The molecule has 1 saturated heterocycles. The third-order valence-electron chi connectivity index (χ3n) is 4.42. The van der Waals surface area contributed by atoms with E-state index in [4.69, 9.17) is 4.74 Å². The van der Waals surface area contributed by atoms with E-state index in [0.29, 0.717) is 12.6 Å². The van der Waals surface area contributed by atoms with Crippen LogP contribution in [-0.4, -0.2) is 53.7 Å². The standard InChI is InChI=1S/C19H26N4O2/c1-15-5-2-7-18(11-15)25-14-17(24)13-20-12-16-6-4-10-23(16)19-8-3-9-21-22-19/h2-3,5,7-9,11,16-17,20,24H,4,6,10,12-14H2,1H3/t16-,17-/m0/s1. The monoisotopic (exact) mass is 342 g/mol. The molecular weight excluding hydrogens is 316 g/mol. The van der Waals surface area contributed by atoms with Crippen molar-refractivity contribution in [1.29, 1.82) is 0 Å². The van der Waals surface area contributed by atoms with Gasteiger partial charge in [-0.05, 0) is 49.6 Å². The molecule has 0 amide bonds. The molecule has 0 spiro atoms. The van der Waals surface area contributed by atoms with Gasteiger partial charge >= 0.3 is 0 Å². The van der Waals surface area contributed by atoms with E-state index >= 15 is 0 Å². The number of rotatable bonds is 8. The smallest absolute Gasteiger partial charge is 0.151 e. The fourth-order valence-corrected chi connectivity index (χ4v) is 3.17. The van der Waals surface area contributed by atoms with Crippen LogP contribution in [-0.2, 0) is 0 Å². The van der Waals surface area contributed by atoms with Gasteiger partial charge in [-0.15, -0.1) is 5.10 Å². The second-order valence-corrected chi connectivity index (χ2v) is 6.51. The Hall–Kier alpha value is -2.18. The molecule has 6 heteroatoms. The number of anilines is 1. The maximum Gasteiger partial charge on any atom is 0.151 e. The van der Waals surface area contributed by atoms with E-state index in [1.807, 2.05) is 43.3 Å². The van der Waals surface area contributed by atoms with Gasteiger partial charge in [0.15, 0.2) is 5.82 Å². The predicted octanol–water partition coefficient (Wildman–Crippen LogP) is 1.78. The van der Waals surface area contributed by atoms with Crippen LogP contribution in [0.3, 0.4) is 0 Å². The van der Waals surface area contributed by atoms with E-state index in [1.165, 1.54) is 0 Å². The molecule has 1 aliphatic rings. The lowest BCUT2D eigenvalue weighted by molar-refractivity contribution is 0.106. The fraction of sp³-hybridized carbons (Fsp3) is 0.474. The van der Waals surface area contributed by atoms with Crippen molar-refractivity contribution < 1.29 is 9.84 Å². The fourth-order valence-electron chi connectivity index (χ4n) is 3.17. The molecule has 0 bridgehead atoms. The molecule has 2 atom stereocenters. The Morgan fingerprint density at radius 1 is 1.36 bits per heavy atom. The van der Waals surface area contributed by atoms with Crippen molar-refractivity contribution in [3.05, 3.63) is 48.2 Å². The first kappa shape index (κ1) is 17.6. The summed E-state index contributed by atoms with van der Waals surface area (Å²) in [5, 5.41) is 21.6. The summed E-state index contributed by atoms with van der Waals surface area (Å²) in [6.07, 6.45) is 3.44. The van der Waals surface area contributed by atoms with E-state index in [-0.39, 0.29) is 6.61 Å². The Bertz CT molecular complexity index is 653. The number of hydrogen-bond acceptors (Lipinski definition) is 6. The average Bonchev–Trinajstić information content (AvgIpc) is 3.09. The third-order valence-corrected chi connectivity index (χ3v) is 4.42. The van der Waals surface area contributed by atoms with Gasteiger partial charge < -0.3 is 20.1 Å². The minimum atomic E-state index is -0.535. The zero-order valence-corrected chi connectivity index (χ0v) is 14.6. The molecular formula is C19H26N4O2. The Balaban J connectivity index is 1.40. The average molecular weight is 342 g/mol. The van der Waals surface area contributed by atoms with Gasteiger partial charge in [0.05, 0.1) is 0 Å². The largest absolute Gasteiger partial charge is 0.491 e. The minimum Gasteiger partial charge on any atom is -0.491 e. The van der Waals surface area contributed by atoms with Crippen LogP contribution in [0, 0.1) is 6.92 Å². The van der Waals surface area contributed by atoms with Gasteiger partial charge in [-0.25, -0.2) is 0 Å². The SMILES string of the molecule is Cc1cccc(OC[C@@H](O)CNC[C@@H]2CCCN2c2cccnn2)c1. The molecule has 2 heterocycles. The van der Waals surface area contributed by atoms with Crippen LogP contribution in [0.2, 0.25) is 0 Å². The first-order valence-electron chi connectivity index (χ1n) is 8.85. The number of nitrogens with zero attached hydrogens (tertiary/aromatic N) is 3. The van der Waals surface area contributed by atoms with Crippen LogP contribution in [0.1, 0.15) is 18.4 Å². The van der Waals surface area contributed by atoms with Gasteiger partial charge in [-0.3, -0.25) is 0 Å². The van der Waals surface area contributed by atoms with Crippen molar-refractivity contribution in [3.63, 3.8) is 0 Å². The Kier molecular flexibility index (Phi) is 6.19. The predicted molar refractivity (Wildman–Crippen MR) is 98.0 cm³/mol. The maximum atomic E-state index is 10.1. The van der Waals surface area contributed by atoms with Crippen LogP contribution in [0.5, 0.6) is 5.75 Å². The van der Waals surface area contributed by atoms with Gasteiger partial charge in [0.25, 0.3) is 0 Å². The summed E-state index contributed by atoms with van der Waals surface area (Å²) in [5.74, 6) is 1.72. The summed E-state index contributed by atoms with van der Waals surface area (Å²) < 4.78 is 5.64. The highest BCUT2D eigenvalue weighted by Gasteiger charge is 2.25. The van der Waals surface area contributed by atoms with Crippen LogP contribution in [0.4, 0.5) is 5.82 Å². The number of hydrogen-bond donors (Lipinski definition) is 2. The van der Waals surface area contributed by atoms with Crippen molar-refractivity contribution in [2.24, 2.45) is 0 Å². The molecule has 25 heavy (non-hydrogen) atoms. The van der Waals surface area contributed by atoms with Gasteiger partial charge in [-0.1, -0.05) is 12.1 Å². The van der Waals surface area contributed by atoms with Crippen molar-refractivity contribution in [2.75, 3.05) is 31.1 Å². The molecule has 0 aliphatic carbocycles. The maximum absolute atomic E-state index is 10.1. The number of benzene rings is 1. The summed E-state index contributed by atoms with van der Waals surface area (Å²) in [6.45, 7) is 4.64. The summed E-state index contributed by atoms with van der Waals surface area (Å²) in [6, 6.07) is 12.2. The topological polar surface area (TPSA) is 70.5 Å².